The van der Waals surface area contributed by atoms with Crippen molar-refractivity contribution < 1.29 is 9.53 Å². The van der Waals surface area contributed by atoms with Gasteiger partial charge in [-0.3, -0.25) is 4.79 Å². The molecule has 0 fully saturated rings. The summed E-state index contributed by atoms with van der Waals surface area (Å²) in [5.74, 6) is 0.543. The van der Waals surface area contributed by atoms with E-state index in [9.17, 15) is 4.79 Å². The molecule has 0 heterocycles. The van der Waals surface area contributed by atoms with Crippen LogP contribution in [0, 0.1) is 17.8 Å². The number of rotatable bonds is 7. The van der Waals surface area contributed by atoms with Crippen LogP contribution in [0.1, 0.15) is 27.7 Å². The van der Waals surface area contributed by atoms with Gasteiger partial charge < -0.3 is 15.8 Å². The summed E-state index contributed by atoms with van der Waals surface area (Å²) in [6, 6.07) is 0.0605. The number of hydrogen-bond donors (Lipinski definition) is 2. The molecule has 0 aliphatic carbocycles. The highest BCUT2D eigenvalue weighted by Gasteiger charge is 2.24. The normalized spacial score (nSPS) is 15.2. The second-order valence-corrected chi connectivity index (χ2v) is 4.90. The van der Waals surface area contributed by atoms with Gasteiger partial charge in [0, 0.05) is 13.7 Å². The summed E-state index contributed by atoms with van der Waals surface area (Å²) < 4.78 is 5.09. The minimum Gasteiger partial charge on any atom is -0.383 e. The number of ether oxygens (including phenoxy) is 1. The number of nitrogens with one attached hydrogen (secondary N) is 1. The standard InChI is InChI=1S/C12H26N2O2/c1-8(2)10(6-13)12(15)14-11(7-16-5)9(3)4/h8-11H,6-7,13H2,1-5H3,(H,14,15). The molecule has 0 aliphatic heterocycles. The molecule has 0 radical (unpaired) electrons. The Hall–Kier alpha value is -0.610. The Bertz CT molecular complexity index is 205. The zero-order valence-electron chi connectivity index (χ0n) is 11.1. The summed E-state index contributed by atoms with van der Waals surface area (Å²) in [5, 5.41) is 3.01. The Morgan fingerprint density at radius 1 is 1.25 bits per heavy atom. The van der Waals surface area contributed by atoms with Crippen molar-refractivity contribution in [3.05, 3.63) is 0 Å². The smallest absolute Gasteiger partial charge is 0.224 e. The van der Waals surface area contributed by atoms with Gasteiger partial charge >= 0.3 is 0 Å². The van der Waals surface area contributed by atoms with Crippen molar-refractivity contribution >= 4 is 5.91 Å². The van der Waals surface area contributed by atoms with Gasteiger partial charge in [0.15, 0.2) is 0 Å². The molecule has 0 aromatic carbocycles. The SMILES string of the molecule is COCC(NC(=O)C(CN)C(C)C)C(C)C. The lowest BCUT2D eigenvalue weighted by Gasteiger charge is -2.25. The quantitative estimate of drug-likeness (QED) is 0.686. The molecule has 0 aromatic rings. The van der Waals surface area contributed by atoms with E-state index < -0.39 is 0 Å². The second-order valence-electron chi connectivity index (χ2n) is 4.90. The van der Waals surface area contributed by atoms with Crippen molar-refractivity contribution in [2.75, 3.05) is 20.3 Å². The zero-order valence-corrected chi connectivity index (χ0v) is 11.1. The molecule has 0 rings (SSSR count). The van der Waals surface area contributed by atoms with Crippen LogP contribution in [-0.4, -0.2) is 32.2 Å². The van der Waals surface area contributed by atoms with Crippen LogP contribution < -0.4 is 11.1 Å². The van der Waals surface area contributed by atoms with Gasteiger partial charge in [0.2, 0.25) is 5.91 Å². The van der Waals surface area contributed by atoms with Crippen LogP contribution in [-0.2, 0) is 9.53 Å². The summed E-state index contributed by atoms with van der Waals surface area (Å²) in [7, 11) is 1.64. The summed E-state index contributed by atoms with van der Waals surface area (Å²) in [4.78, 5) is 12.0. The lowest BCUT2D eigenvalue weighted by atomic mass is 9.94. The second kappa shape index (κ2) is 7.63. The third kappa shape index (κ3) is 4.94. The fraction of sp³-hybridized carbons (Fsp3) is 0.917. The van der Waals surface area contributed by atoms with Crippen molar-refractivity contribution in [3.8, 4) is 0 Å². The Morgan fingerprint density at radius 2 is 1.81 bits per heavy atom. The number of methoxy groups -OCH3 is 1. The molecule has 1 amide bonds. The topological polar surface area (TPSA) is 64.3 Å². The highest BCUT2D eigenvalue weighted by molar-refractivity contribution is 5.79. The van der Waals surface area contributed by atoms with E-state index in [-0.39, 0.29) is 23.8 Å². The van der Waals surface area contributed by atoms with Gasteiger partial charge in [-0.1, -0.05) is 27.7 Å². The minimum atomic E-state index is -0.113. The van der Waals surface area contributed by atoms with E-state index in [0.717, 1.165) is 0 Å². The van der Waals surface area contributed by atoms with E-state index in [1.54, 1.807) is 7.11 Å². The van der Waals surface area contributed by atoms with Crippen molar-refractivity contribution in [2.24, 2.45) is 23.5 Å². The van der Waals surface area contributed by atoms with Gasteiger partial charge in [0.25, 0.3) is 0 Å². The van der Waals surface area contributed by atoms with Crippen molar-refractivity contribution in [1.82, 2.24) is 5.32 Å². The molecule has 0 saturated heterocycles. The molecule has 2 unspecified atom stereocenters. The molecule has 2 atom stereocenters. The predicted molar refractivity (Wildman–Crippen MR) is 66.0 cm³/mol. The molecule has 0 saturated carbocycles. The lowest BCUT2D eigenvalue weighted by molar-refractivity contribution is -0.127. The monoisotopic (exact) mass is 230 g/mol. The fourth-order valence-corrected chi connectivity index (χ4v) is 1.55. The van der Waals surface area contributed by atoms with Crippen LogP contribution in [0.15, 0.2) is 0 Å². The molecule has 0 bridgehead atoms. The van der Waals surface area contributed by atoms with Gasteiger partial charge in [0.05, 0.1) is 18.6 Å². The van der Waals surface area contributed by atoms with Gasteiger partial charge in [0.1, 0.15) is 0 Å². The van der Waals surface area contributed by atoms with E-state index >= 15 is 0 Å². The molecule has 4 heteroatoms. The first-order valence-corrected chi connectivity index (χ1v) is 5.93. The summed E-state index contributed by atoms with van der Waals surface area (Å²) >= 11 is 0. The van der Waals surface area contributed by atoms with E-state index in [2.05, 4.69) is 19.2 Å². The van der Waals surface area contributed by atoms with Crippen molar-refractivity contribution in [1.29, 1.82) is 0 Å². The number of carbonyl (C=O) groups excluding carboxylic acids is 1. The van der Waals surface area contributed by atoms with Gasteiger partial charge in [-0.15, -0.1) is 0 Å². The molecule has 16 heavy (non-hydrogen) atoms. The van der Waals surface area contributed by atoms with Crippen LogP contribution in [0.5, 0.6) is 0 Å². The van der Waals surface area contributed by atoms with Gasteiger partial charge in [-0.05, 0) is 11.8 Å². The average Bonchev–Trinajstić information content (AvgIpc) is 2.17. The Morgan fingerprint density at radius 3 is 2.12 bits per heavy atom. The fourth-order valence-electron chi connectivity index (χ4n) is 1.55. The first kappa shape index (κ1) is 15.4. The number of carbonyl (C=O) groups is 1. The maximum absolute atomic E-state index is 12.0. The predicted octanol–water partition coefficient (Wildman–Crippen LogP) is 1.00. The maximum Gasteiger partial charge on any atom is 0.224 e. The van der Waals surface area contributed by atoms with Crippen LogP contribution in [0.2, 0.25) is 0 Å². The van der Waals surface area contributed by atoms with E-state index in [0.29, 0.717) is 19.1 Å². The molecule has 4 nitrogen and oxygen atoms in total. The van der Waals surface area contributed by atoms with E-state index in [4.69, 9.17) is 10.5 Å². The third-order valence-electron chi connectivity index (χ3n) is 2.87. The lowest BCUT2D eigenvalue weighted by Crippen LogP contribution is -2.47. The van der Waals surface area contributed by atoms with Crippen molar-refractivity contribution in [2.45, 2.75) is 33.7 Å². The Kier molecular flexibility index (Phi) is 7.34. The highest BCUT2D eigenvalue weighted by atomic mass is 16.5. The molecule has 3 N–H and O–H groups in total. The molecule has 0 aromatic heterocycles. The largest absolute Gasteiger partial charge is 0.383 e. The Balaban J connectivity index is 4.37. The first-order valence-electron chi connectivity index (χ1n) is 5.93. The third-order valence-corrected chi connectivity index (χ3v) is 2.87. The van der Waals surface area contributed by atoms with Crippen LogP contribution in [0.4, 0.5) is 0 Å². The van der Waals surface area contributed by atoms with Crippen LogP contribution in [0.3, 0.4) is 0 Å². The summed E-state index contributed by atoms with van der Waals surface area (Å²) in [6.45, 7) is 9.09. The molecular formula is C12H26N2O2. The van der Waals surface area contributed by atoms with Crippen LogP contribution in [0.25, 0.3) is 0 Å². The van der Waals surface area contributed by atoms with Gasteiger partial charge in [-0.25, -0.2) is 0 Å². The molecule has 0 aliphatic rings. The maximum atomic E-state index is 12.0. The average molecular weight is 230 g/mol. The number of amides is 1. The first-order chi connectivity index (χ1) is 7.43. The van der Waals surface area contributed by atoms with E-state index in [1.165, 1.54) is 0 Å². The summed E-state index contributed by atoms with van der Waals surface area (Å²) in [5.41, 5.74) is 5.61. The van der Waals surface area contributed by atoms with E-state index in [1.807, 2.05) is 13.8 Å². The molecular weight excluding hydrogens is 204 g/mol. The Labute approximate surface area is 98.9 Å². The number of nitrogens with two attached hydrogens (primary N) is 1. The molecule has 96 valence electrons. The zero-order chi connectivity index (χ0) is 12.7. The number of hydrogen-bond acceptors (Lipinski definition) is 3. The van der Waals surface area contributed by atoms with Gasteiger partial charge in [-0.2, -0.15) is 0 Å². The van der Waals surface area contributed by atoms with Crippen LogP contribution >= 0.6 is 0 Å². The molecule has 0 spiro atoms. The minimum absolute atomic E-state index is 0.0354. The highest BCUT2D eigenvalue weighted by Crippen LogP contribution is 2.11. The van der Waals surface area contributed by atoms with Crippen molar-refractivity contribution in [3.63, 3.8) is 0 Å². The summed E-state index contributed by atoms with van der Waals surface area (Å²) in [6.07, 6.45) is 0.